The number of para-hydroxylation sites is 1. The molecule has 0 saturated heterocycles. The van der Waals surface area contributed by atoms with Crippen molar-refractivity contribution < 1.29 is 23.7 Å². The molecule has 0 spiro atoms. The Kier molecular flexibility index (Phi) is 7.73. The van der Waals surface area contributed by atoms with Gasteiger partial charge in [0.2, 0.25) is 0 Å². The van der Waals surface area contributed by atoms with Crippen LogP contribution in [0.4, 0.5) is 0 Å². The van der Waals surface area contributed by atoms with Crippen LogP contribution in [0.1, 0.15) is 12.5 Å². The summed E-state index contributed by atoms with van der Waals surface area (Å²) < 4.78 is 21.5. The van der Waals surface area contributed by atoms with Gasteiger partial charge >= 0.3 is 5.97 Å². The van der Waals surface area contributed by atoms with Crippen LogP contribution in [-0.4, -0.2) is 32.9 Å². The van der Waals surface area contributed by atoms with Gasteiger partial charge in [-0.3, -0.25) is 0 Å². The van der Waals surface area contributed by atoms with Crippen molar-refractivity contribution >= 4 is 12.0 Å². The minimum Gasteiger partial charge on any atom is -0.493 e. The Morgan fingerprint density at radius 1 is 1.07 bits per heavy atom. The highest BCUT2D eigenvalue weighted by Crippen LogP contribution is 2.29. The van der Waals surface area contributed by atoms with E-state index >= 15 is 0 Å². The molecule has 0 aliphatic heterocycles. The average molecular weight is 367 g/mol. The lowest BCUT2D eigenvalue weighted by molar-refractivity contribution is -0.137. The quantitative estimate of drug-likeness (QED) is 0.292. The Hall–Kier alpha value is -3.46. The summed E-state index contributed by atoms with van der Waals surface area (Å²) in [6.45, 7) is 2.62. The van der Waals surface area contributed by atoms with Crippen LogP contribution in [-0.2, 0) is 9.53 Å². The molecule has 2 rings (SSSR count). The maximum atomic E-state index is 11.7. The van der Waals surface area contributed by atoms with E-state index in [-0.39, 0.29) is 12.2 Å². The van der Waals surface area contributed by atoms with Crippen molar-refractivity contribution in [3.8, 4) is 23.3 Å². The minimum absolute atomic E-state index is 0.0798. The van der Waals surface area contributed by atoms with E-state index in [4.69, 9.17) is 24.2 Å². The standard InChI is InChI=1S/C21H21NO5/c1-3-25-21(23)17(15-22)13-16-9-10-19(20(14-16)24-2)27-12-11-26-18-7-5-4-6-8-18/h4-10,13-14H,3,11-12H2,1-2H3. The molecule has 0 heterocycles. The smallest absolute Gasteiger partial charge is 0.348 e. The normalized spacial score (nSPS) is 10.6. The first-order valence-electron chi connectivity index (χ1n) is 8.45. The van der Waals surface area contributed by atoms with Crippen LogP contribution in [0, 0.1) is 11.3 Å². The molecule has 6 heteroatoms. The summed E-state index contributed by atoms with van der Waals surface area (Å²) in [7, 11) is 1.52. The second-order valence-electron chi connectivity index (χ2n) is 5.31. The zero-order chi connectivity index (χ0) is 19.5. The van der Waals surface area contributed by atoms with Gasteiger partial charge in [-0.05, 0) is 42.8 Å². The van der Waals surface area contributed by atoms with Gasteiger partial charge in [-0.15, -0.1) is 0 Å². The lowest BCUT2D eigenvalue weighted by atomic mass is 10.1. The Morgan fingerprint density at radius 2 is 1.81 bits per heavy atom. The first-order valence-corrected chi connectivity index (χ1v) is 8.45. The molecule has 2 aromatic carbocycles. The van der Waals surface area contributed by atoms with Gasteiger partial charge in [0.25, 0.3) is 0 Å². The maximum Gasteiger partial charge on any atom is 0.348 e. The highest BCUT2D eigenvalue weighted by molar-refractivity contribution is 5.97. The second kappa shape index (κ2) is 10.5. The van der Waals surface area contributed by atoms with Gasteiger partial charge < -0.3 is 18.9 Å². The molecule has 0 radical (unpaired) electrons. The van der Waals surface area contributed by atoms with Crippen molar-refractivity contribution in [3.05, 3.63) is 59.7 Å². The summed E-state index contributed by atoms with van der Waals surface area (Å²) in [6, 6.07) is 16.4. The highest BCUT2D eigenvalue weighted by Gasteiger charge is 2.11. The van der Waals surface area contributed by atoms with E-state index in [1.807, 2.05) is 36.4 Å². The third-order valence-corrected chi connectivity index (χ3v) is 3.47. The number of ether oxygens (including phenoxy) is 4. The van der Waals surface area contributed by atoms with Crippen LogP contribution in [0.25, 0.3) is 6.08 Å². The molecular formula is C21H21NO5. The van der Waals surface area contributed by atoms with Crippen molar-refractivity contribution in [2.45, 2.75) is 6.92 Å². The zero-order valence-electron chi connectivity index (χ0n) is 15.3. The number of hydrogen-bond acceptors (Lipinski definition) is 6. The summed E-state index contributed by atoms with van der Waals surface area (Å²) >= 11 is 0. The predicted octanol–water partition coefficient (Wildman–Crippen LogP) is 3.62. The third-order valence-electron chi connectivity index (χ3n) is 3.47. The third kappa shape index (κ3) is 6.08. The van der Waals surface area contributed by atoms with Crippen molar-refractivity contribution in [2.75, 3.05) is 26.9 Å². The van der Waals surface area contributed by atoms with E-state index in [1.165, 1.54) is 13.2 Å². The van der Waals surface area contributed by atoms with Gasteiger partial charge in [0, 0.05) is 0 Å². The number of carbonyl (C=O) groups is 1. The van der Waals surface area contributed by atoms with Crippen LogP contribution in [0.2, 0.25) is 0 Å². The molecule has 0 aliphatic rings. The molecule has 0 bridgehead atoms. The van der Waals surface area contributed by atoms with Crippen LogP contribution in [0.3, 0.4) is 0 Å². The fraction of sp³-hybridized carbons (Fsp3) is 0.238. The highest BCUT2D eigenvalue weighted by atomic mass is 16.5. The minimum atomic E-state index is -0.655. The Labute approximate surface area is 158 Å². The van der Waals surface area contributed by atoms with Gasteiger partial charge in [-0.1, -0.05) is 24.3 Å². The Balaban J connectivity index is 2.00. The number of nitriles is 1. The molecule has 0 aliphatic carbocycles. The largest absolute Gasteiger partial charge is 0.493 e. The maximum absolute atomic E-state index is 11.7. The number of rotatable bonds is 9. The van der Waals surface area contributed by atoms with Crippen molar-refractivity contribution in [3.63, 3.8) is 0 Å². The van der Waals surface area contributed by atoms with Gasteiger partial charge in [0.05, 0.1) is 13.7 Å². The number of hydrogen-bond donors (Lipinski definition) is 0. The molecule has 0 amide bonds. The van der Waals surface area contributed by atoms with E-state index in [1.54, 1.807) is 25.1 Å². The average Bonchev–Trinajstić information content (AvgIpc) is 2.70. The molecule has 0 aromatic heterocycles. The Bertz CT molecular complexity index is 824. The van der Waals surface area contributed by atoms with Crippen LogP contribution >= 0.6 is 0 Å². The fourth-order valence-electron chi connectivity index (χ4n) is 2.23. The van der Waals surface area contributed by atoms with Gasteiger partial charge in [0.15, 0.2) is 11.5 Å². The van der Waals surface area contributed by atoms with E-state index < -0.39 is 5.97 Å². The van der Waals surface area contributed by atoms with E-state index in [2.05, 4.69) is 0 Å². The van der Waals surface area contributed by atoms with E-state index in [9.17, 15) is 4.79 Å². The van der Waals surface area contributed by atoms with E-state index in [0.29, 0.717) is 30.3 Å². The molecular weight excluding hydrogens is 346 g/mol. The summed E-state index contributed by atoms with van der Waals surface area (Å²) in [5, 5.41) is 9.11. The van der Waals surface area contributed by atoms with Crippen molar-refractivity contribution in [1.29, 1.82) is 5.26 Å². The number of esters is 1. The summed E-state index contributed by atoms with van der Waals surface area (Å²) in [6.07, 6.45) is 1.45. The summed E-state index contributed by atoms with van der Waals surface area (Å²) in [5.41, 5.74) is 0.549. The first kappa shape index (κ1) is 19.9. The molecule has 2 aromatic rings. The lowest BCUT2D eigenvalue weighted by Crippen LogP contribution is -2.09. The number of methoxy groups -OCH3 is 1. The lowest BCUT2D eigenvalue weighted by Gasteiger charge is -2.12. The van der Waals surface area contributed by atoms with Gasteiger partial charge in [-0.25, -0.2) is 4.79 Å². The summed E-state index contributed by atoms with van der Waals surface area (Å²) in [5.74, 6) is 1.15. The van der Waals surface area contributed by atoms with Crippen molar-refractivity contribution in [2.24, 2.45) is 0 Å². The van der Waals surface area contributed by atoms with Crippen LogP contribution < -0.4 is 14.2 Å². The number of benzene rings is 2. The zero-order valence-corrected chi connectivity index (χ0v) is 15.3. The molecule has 0 fully saturated rings. The van der Waals surface area contributed by atoms with Crippen LogP contribution in [0.15, 0.2) is 54.1 Å². The Morgan fingerprint density at radius 3 is 2.48 bits per heavy atom. The number of carbonyl (C=O) groups excluding carboxylic acids is 1. The van der Waals surface area contributed by atoms with Gasteiger partial charge in [0.1, 0.15) is 30.6 Å². The van der Waals surface area contributed by atoms with E-state index in [0.717, 1.165) is 5.75 Å². The topological polar surface area (TPSA) is 77.8 Å². The molecule has 0 atom stereocenters. The molecule has 0 saturated carbocycles. The predicted molar refractivity (Wildman–Crippen MR) is 101 cm³/mol. The molecule has 6 nitrogen and oxygen atoms in total. The number of nitrogens with zero attached hydrogens (tertiary/aromatic N) is 1. The molecule has 0 N–H and O–H groups in total. The first-order chi connectivity index (χ1) is 13.2. The second-order valence-corrected chi connectivity index (χ2v) is 5.31. The molecule has 0 unspecified atom stereocenters. The SMILES string of the molecule is CCOC(=O)C(C#N)=Cc1ccc(OCCOc2ccccc2)c(OC)c1. The summed E-state index contributed by atoms with van der Waals surface area (Å²) in [4.78, 5) is 11.7. The van der Waals surface area contributed by atoms with Crippen LogP contribution in [0.5, 0.6) is 17.2 Å². The van der Waals surface area contributed by atoms with Gasteiger partial charge in [-0.2, -0.15) is 5.26 Å². The van der Waals surface area contributed by atoms with Crippen molar-refractivity contribution in [1.82, 2.24) is 0 Å². The fourth-order valence-corrected chi connectivity index (χ4v) is 2.23. The monoisotopic (exact) mass is 367 g/mol. The molecule has 27 heavy (non-hydrogen) atoms. The molecule has 140 valence electrons.